The maximum Gasteiger partial charge on any atom is 0.239 e. The molecular weight excluding hydrogens is 272 g/mol. The van der Waals surface area contributed by atoms with E-state index >= 15 is 0 Å². The van der Waals surface area contributed by atoms with Gasteiger partial charge in [0.1, 0.15) is 0 Å². The first kappa shape index (κ1) is 16.2. The summed E-state index contributed by atoms with van der Waals surface area (Å²) >= 11 is 0. The van der Waals surface area contributed by atoms with Crippen LogP contribution in [0.15, 0.2) is 0 Å². The van der Waals surface area contributed by atoms with Crippen LogP contribution in [0.25, 0.3) is 0 Å². The number of morpholine rings is 1. The zero-order valence-electron chi connectivity index (χ0n) is 13.0. The summed E-state index contributed by atoms with van der Waals surface area (Å²) in [6.07, 6.45) is 0. The van der Waals surface area contributed by atoms with E-state index in [1.807, 2.05) is 11.8 Å². The van der Waals surface area contributed by atoms with E-state index in [2.05, 4.69) is 17.3 Å². The van der Waals surface area contributed by atoms with Crippen LogP contribution in [0.3, 0.4) is 0 Å². The van der Waals surface area contributed by atoms with Crippen molar-refractivity contribution in [3.05, 3.63) is 0 Å². The molecule has 2 saturated heterocycles. The van der Waals surface area contributed by atoms with E-state index in [1.165, 1.54) is 0 Å². The number of hydrogen-bond donors (Lipinski definition) is 1. The predicted molar refractivity (Wildman–Crippen MR) is 78.9 cm³/mol. The average molecular weight is 298 g/mol. The predicted octanol–water partition coefficient (Wildman–Crippen LogP) is -1.40. The largest absolute Gasteiger partial charge is 0.378 e. The van der Waals surface area contributed by atoms with E-state index < -0.39 is 0 Å². The molecule has 120 valence electrons. The second-order valence-corrected chi connectivity index (χ2v) is 5.72. The molecule has 0 aromatic carbocycles. The van der Waals surface area contributed by atoms with Gasteiger partial charge in [0.15, 0.2) is 0 Å². The second-order valence-electron chi connectivity index (χ2n) is 5.72. The highest BCUT2D eigenvalue weighted by Gasteiger charge is 2.24. The van der Waals surface area contributed by atoms with Crippen LogP contribution in [-0.2, 0) is 14.3 Å². The third-order valence-corrected chi connectivity index (χ3v) is 4.11. The molecule has 0 aromatic heterocycles. The molecule has 2 rings (SSSR count). The third-order valence-electron chi connectivity index (χ3n) is 4.11. The van der Waals surface area contributed by atoms with Gasteiger partial charge < -0.3 is 19.4 Å². The molecule has 21 heavy (non-hydrogen) atoms. The van der Waals surface area contributed by atoms with E-state index in [-0.39, 0.29) is 24.4 Å². The summed E-state index contributed by atoms with van der Waals surface area (Å²) < 4.78 is 5.24. The second kappa shape index (κ2) is 7.72. The van der Waals surface area contributed by atoms with Crippen LogP contribution in [-0.4, -0.2) is 98.6 Å². The zero-order valence-corrected chi connectivity index (χ0v) is 13.0. The van der Waals surface area contributed by atoms with Gasteiger partial charge in [-0.3, -0.25) is 14.9 Å². The summed E-state index contributed by atoms with van der Waals surface area (Å²) in [4.78, 5) is 30.2. The molecule has 0 saturated carbocycles. The summed E-state index contributed by atoms with van der Waals surface area (Å²) in [6, 6.07) is -0.334. The molecule has 2 heterocycles. The first-order valence-corrected chi connectivity index (χ1v) is 7.64. The fraction of sp³-hybridized carbons (Fsp3) is 0.857. The van der Waals surface area contributed by atoms with Gasteiger partial charge in [0.2, 0.25) is 11.8 Å². The lowest BCUT2D eigenvalue weighted by atomic mass is 10.2. The van der Waals surface area contributed by atoms with Gasteiger partial charge in [0.05, 0.1) is 25.8 Å². The van der Waals surface area contributed by atoms with Gasteiger partial charge in [-0.1, -0.05) is 0 Å². The van der Waals surface area contributed by atoms with Crippen molar-refractivity contribution in [1.82, 2.24) is 20.0 Å². The number of amides is 2. The molecule has 7 nitrogen and oxygen atoms in total. The van der Waals surface area contributed by atoms with Gasteiger partial charge in [-0.15, -0.1) is 0 Å². The van der Waals surface area contributed by atoms with Gasteiger partial charge in [0, 0.05) is 39.3 Å². The van der Waals surface area contributed by atoms with E-state index in [9.17, 15) is 9.59 Å². The highest BCUT2D eigenvalue weighted by atomic mass is 16.5. The lowest BCUT2D eigenvalue weighted by molar-refractivity contribution is -0.137. The Bertz CT molecular complexity index is 363. The molecule has 2 amide bonds. The minimum atomic E-state index is -0.334. The van der Waals surface area contributed by atoms with Crippen molar-refractivity contribution in [2.45, 2.75) is 13.0 Å². The van der Waals surface area contributed by atoms with Crippen LogP contribution in [0, 0.1) is 0 Å². The summed E-state index contributed by atoms with van der Waals surface area (Å²) in [5.41, 5.74) is 0. The molecule has 1 N–H and O–H groups in total. The van der Waals surface area contributed by atoms with Crippen LogP contribution in [0.5, 0.6) is 0 Å². The Kier molecular flexibility index (Phi) is 5.96. The van der Waals surface area contributed by atoms with Gasteiger partial charge in [0.25, 0.3) is 0 Å². The van der Waals surface area contributed by atoms with Gasteiger partial charge in [-0.25, -0.2) is 0 Å². The topological polar surface area (TPSA) is 65.1 Å². The molecule has 0 spiro atoms. The number of likely N-dealkylation sites (N-methyl/N-ethyl adjacent to an activating group) is 1. The standard InChI is InChI=1S/C14H26N4O3/c1-12(14(20)18-7-9-21-10-8-18)15-11-13(19)17-5-3-16(2)4-6-17/h12,15H,3-11H2,1-2H3. The normalized spacial score (nSPS) is 22.2. The maximum absolute atomic E-state index is 12.2. The van der Waals surface area contributed by atoms with Gasteiger partial charge in [-0.05, 0) is 14.0 Å². The fourth-order valence-electron chi connectivity index (χ4n) is 2.55. The third kappa shape index (κ3) is 4.66. The van der Waals surface area contributed by atoms with E-state index in [0.29, 0.717) is 26.3 Å². The Labute approximate surface area is 126 Å². The van der Waals surface area contributed by atoms with Crippen molar-refractivity contribution in [3.8, 4) is 0 Å². The van der Waals surface area contributed by atoms with E-state index in [1.54, 1.807) is 4.90 Å². The van der Waals surface area contributed by atoms with Crippen molar-refractivity contribution in [1.29, 1.82) is 0 Å². The molecule has 1 atom stereocenters. The lowest BCUT2D eigenvalue weighted by Crippen LogP contribution is -2.53. The molecule has 0 radical (unpaired) electrons. The Morgan fingerprint density at radius 2 is 1.67 bits per heavy atom. The van der Waals surface area contributed by atoms with Crippen LogP contribution >= 0.6 is 0 Å². The number of carbonyl (C=O) groups is 2. The quantitative estimate of drug-likeness (QED) is 0.691. The van der Waals surface area contributed by atoms with Gasteiger partial charge >= 0.3 is 0 Å². The van der Waals surface area contributed by atoms with Gasteiger partial charge in [-0.2, -0.15) is 0 Å². The fourth-order valence-corrected chi connectivity index (χ4v) is 2.55. The van der Waals surface area contributed by atoms with E-state index in [4.69, 9.17) is 4.74 Å². The molecule has 2 aliphatic heterocycles. The monoisotopic (exact) mass is 298 g/mol. The Hall–Kier alpha value is -1.18. The van der Waals surface area contributed by atoms with Crippen molar-refractivity contribution in [2.24, 2.45) is 0 Å². The van der Waals surface area contributed by atoms with E-state index in [0.717, 1.165) is 26.2 Å². The Morgan fingerprint density at radius 3 is 2.29 bits per heavy atom. The highest BCUT2D eigenvalue weighted by molar-refractivity contribution is 5.83. The SMILES string of the molecule is CC(NCC(=O)N1CCN(C)CC1)C(=O)N1CCOCC1. The Morgan fingerprint density at radius 1 is 1.05 bits per heavy atom. The van der Waals surface area contributed by atoms with Crippen LogP contribution < -0.4 is 5.32 Å². The molecule has 2 fully saturated rings. The highest BCUT2D eigenvalue weighted by Crippen LogP contribution is 2.02. The van der Waals surface area contributed by atoms with Crippen molar-refractivity contribution in [3.63, 3.8) is 0 Å². The molecule has 0 aliphatic carbocycles. The minimum absolute atomic E-state index is 0.0458. The van der Waals surface area contributed by atoms with Crippen LogP contribution in [0.2, 0.25) is 0 Å². The number of carbonyl (C=O) groups excluding carboxylic acids is 2. The number of ether oxygens (including phenoxy) is 1. The summed E-state index contributed by atoms with van der Waals surface area (Å²) in [6.45, 7) is 7.86. The smallest absolute Gasteiger partial charge is 0.239 e. The van der Waals surface area contributed by atoms with Crippen LogP contribution in [0.1, 0.15) is 6.92 Å². The summed E-state index contributed by atoms with van der Waals surface area (Å²) in [5, 5.41) is 3.05. The average Bonchev–Trinajstić information content (AvgIpc) is 2.53. The zero-order chi connectivity index (χ0) is 15.2. The van der Waals surface area contributed by atoms with Crippen LogP contribution in [0.4, 0.5) is 0 Å². The first-order valence-electron chi connectivity index (χ1n) is 7.64. The molecule has 1 unspecified atom stereocenters. The molecular formula is C14H26N4O3. The number of hydrogen-bond acceptors (Lipinski definition) is 5. The molecule has 0 aromatic rings. The minimum Gasteiger partial charge on any atom is -0.378 e. The van der Waals surface area contributed by atoms with Crippen molar-refractivity contribution in [2.75, 3.05) is 66.1 Å². The lowest BCUT2D eigenvalue weighted by Gasteiger charge is -2.33. The number of nitrogens with one attached hydrogen (secondary N) is 1. The number of nitrogens with zero attached hydrogens (tertiary/aromatic N) is 3. The summed E-state index contributed by atoms with van der Waals surface area (Å²) in [5.74, 6) is 0.120. The van der Waals surface area contributed by atoms with Crippen molar-refractivity contribution < 1.29 is 14.3 Å². The molecule has 7 heteroatoms. The summed E-state index contributed by atoms with van der Waals surface area (Å²) in [7, 11) is 2.06. The number of rotatable bonds is 4. The Balaban J connectivity index is 1.71. The maximum atomic E-state index is 12.2. The van der Waals surface area contributed by atoms with Crippen molar-refractivity contribution >= 4 is 11.8 Å². The number of piperazine rings is 1. The molecule has 2 aliphatic rings. The first-order chi connectivity index (χ1) is 10.1. The molecule has 0 bridgehead atoms.